The predicted octanol–water partition coefficient (Wildman–Crippen LogP) is 6.49. The Kier molecular flexibility index (Phi) is 6.50. The summed E-state index contributed by atoms with van der Waals surface area (Å²) in [5.74, 6) is 0.571. The molecular formula is C26H18F4N6O. The number of ether oxygens (including phenoxy) is 1. The van der Waals surface area contributed by atoms with E-state index >= 15 is 0 Å². The quantitative estimate of drug-likeness (QED) is 0.245. The van der Waals surface area contributed by atoms with Crippen molar-refractivity contribution in [3.8, 4) is 34.1 Å². The maximum Gasteiger partial charge on any atom is 0.433 e. The van der Waals surface area contributed by atoms with E-state index < -0.39 is 17.7 Å². The lowest BCUT2D eigenvalue weighted by atomic mass is 10.2. The summed E-state index contributed by atoms with van der Waals surface area (Å²) in [6.07, 6.45) is 1.44. The van der Waals surface area contributed by atoms with Gasteiger partial charge in [0.1, 0.15) is 11.4 Å². The van der Waals surface area contributed by atoms with Crippen LogP contribution in [-0.4, -0.2) is 25.1 Å². The summed E-state index contributed by atoms with van der Waals surface area (Å²) in [6.45, 7) is 0.196. The lowest BCUT2D eigenvalue weighted by molar-refractivity contribution is -0.141. The smallest absolute Gasteiger partial charge is 0.433 e. The second-order valence-electron chi connectivity index (χ2n) is 7.94. The zero-order valence-corrected chi connectivity index (χ0v) is 19.0. The van der Waals surface area contributed by atoms with Crippen LogP contribution in [0.4, 0.5) is 23.2 Å². The zero-order chi connectivity index (χ0) is 25.8. The van der Waals surface area contributed by atoms with E-state index in [1.54, 1.807) is 48.8 Å². The highest BCUT2D eigenvalue weighted by atomic mass is 19.4. The third kappa shape index (κ3) is 5.72. The molecule has 0 bridgehead atoms. The van der Waals surface area contributed by atoms with Crippen molar-refractivity contribution in [3.05, 3.63) is 103 Å². The molecule has 0 saturated heterocycles. The molecule has 0 saturated carbocycles. The lowest BCUT2D eigenvalue weighted by Gasteiger charge is -2.12. The van der Waals surface area contributed by atoms with Crippen LogP contribution in [0.3, 0.4) is 0 Å². The Morgan fingerprint density at radius 2 is 1.65 bits per heavy atom. The average Bonchev–Trinajstić information content (AvgIpc) is 3.44. The summed E-state index contributed by atoms with van der Waals surface area (Å²) < 4.78 is 59.4. The Balaban J connectivity index is 1.27. The average molecular weight is 506 g/mol. The van der Waals surface area contributed by atoms with Crippen molar-refractivity contribution in [1.82, 2.24) is 25.1 Å². The Bertz CT molecular complexity index is 1490. The minimum absolute atomic E-state index is 0.122. The van der Waals surface area contributed by atoms with Crippen molar-refractivity contribution in [2.24, 2.45) is 0 Å². The van der Waals surface area contributed by atoms with Gasteiger partial charge in [0.2, 0.25) is 0 Å². The molecule has 0 aliphatic carbocycles. The summed E-state index contributed by atoms with van der Waals surface area (Å²) in [5.41, 5.74) is 1.19. The normalized spacial score (nSPS) is 11.4. The maximum atomic E-state index is 13.8. The number of aromatic nitrogens is 5. The molecule has 0 unspecified atom stereocenters. The minimum atomic E-state index is -4.60. The van der Waals surface area contributed by atoms with Gasteiger partial charge < -0.3 is 10.1 Å². The van der Waals surface area contributed by atoms with Crippen LogP contribution in [0, 0.1) is 5.82 Å². The molecule has 0 atom stereocenters. The molecule has 0 spiro atoms. The van der Waals surface area contributed by atoms with Crippen LogP contribution >= 0.6 is 0 Å². The molecule has 2 aromatic carbocycles. The van der Waals surface area contributed by atoms with Gasteiger partial charge in [-0.25, -0.2) is 19.3 Å². The predicted molar refractivity (Wildman–Crippen MR) is 128 cm³/mol. The molecule has 3 heterocycles. The van der Waals surface area contributed by atoms with E-state index in [0.29, 0.717) is 28.3 Å². The van der Waals surface area contributed by atoms with E-state index in [2.05, 4.69) is 30.5 Å². The summed E-state index contributed by atoms with van der Waals surface area (Å²) >= 11 is 0. The molecule has 37 heavy (non-hydrogen) atoms. The van der Waals surface area contributed by atoms with Gasteiger partial charge in [-0.2, -0.15) is 18.3 Å². The molecule has 0 aliphatic heterocycles. The van der Waals surface area contributed by atoms with Crippen LogP contribution in [-0.2, 0) is 12.7 Å². The first-order chi connectivity index (χ1) is 17.8. The van der Waals surface area contributed by atoms with E-state index in [0.717, 1.165) is 6.07 Å². The van der Waals surface area contributed by atoms with Gasteiger partial charge in [-0.15, -0.1) is 0 Å². The Morgan fingerprint density at radius 1 is 0.892 bits per heavy atom. The second-order valence-corrected chi connectivity index (χ2v) is 7.94. The Morgan fingerprint density at radius 3 is 2.32 bits per heavy atom. The first-order valence-electron chi connectivity index (χ1n) is 11.0. The number of hydrogen-bond donors (Lipinski definition) is 2. The highest BCUT2D eigenvalue weighted by Gasteiger charge is 2.33. The molecular weight excluding hydrogens is 488 g/mol. The van der Waals surface area contributed by atoms with E-state index in [-0.39, 0.29) is 23.7 Å². The van der Waals surface area contributed by atoms with Gasteiger partial charge in [0.15, 0.2) is 17.4 Å². The summed E-state index contributed by atoms with van der Waals surface area (Å²) in [5, 5.41) is 9.31. The van der Waals surface area contributed by atoms with Crippen LogP contribution in [0.25, 0.3) is 22.6 Å². The fraction of sp³-hybridized carbons (Fsp3) is 0.0769. The third-order valence-electron chi connectivity index (χ3n) is 5.29. The number of benzene rings is 2. The number of alkyl halides is 3. The Labute approximate surface area is 208 Å². The van der Waals surface area contributed by atoms with Crippen LogP contribution in [0.2, 0.25) is 0 Å². The van der Waals surface area contributed by atoms with Crippen molar-refractivity contribution in [3.63, 3.8) is 0 Å². The van der Waals surface area contributed by atoms with Gasteiger partial charge in [0.25, 0.3) is 0 Å². The van der Waals surface area contributed by atoms with Gasteiger partial charge in [-0.05, 0) is 48.5 Å². The van der Waals surface area contributed by atoms with E-state index in [4.69, 9.17) is 4.74 Å². The molecule has 5 rings (SSSR count). The molecule has 7 nitrogen and oxygen atoms in total. The van der Waals surface area contributed by atoms with E-state index in [1.807, 2.05) is 0 Å². The number of nitrogens with one attached hydrogen (secondary N) is 2. The largest absolute Gasteiger partial charge is 0.454 e. The fourth-order valence-electron chi connectivity index (χ4n) is 3.44. The summed E-state index contributed by atoms with van der Waals surface area (Å²) in [4.78, 5) is 12.4. The van der Waals surface area contributed by atoms with Crippen LogP contribution in [0.15, 0.2) is 85.5 Å². The number of H-pyrrole nitrogens is 1. The molecule has 5 aromatic rings. The Hall–Kier alpha value is -4.80. The number of aromatic amines is 1. The SMILES string of the molecule is Fc1ccccc1Oc1ccc(-c2ncc(CNc3cc(-c4cn[nH]c4)nc(C(F)(F)F)c3)cn2)cc1. The lowest BCUT2D eigenvalue weighted by Crippen LogP contribution is -2.10. The van der Waals surface area contributed by atoms with Gasteiger partial charge in [-0.3, -0.25) is 5.10 Å². The molecule has 0 fully saturated rings. The van der Waals surface area contributed by atoms with Crippen molar-refractivity contribution in [2.45, 2.75) is 12.7 Å². The van der Waals surface area contributed by atoms with Crippen molar-refractivity contribution >= 4 is 5.69 Å². The van der Waals surface area contributed by atoms with Gasteiger partial charge in [0.05, 0.1) is 11.9 Å². The number of hydrogen-bond acceptors (Lipinski definition) is 6. The van der Waals surface area contributed by atoms with Crippen molar-refractivity contribution < 1.29 is 22.3 Å². The first kappa shape index (κ1) is 23.9. The second kappa shape index (κ2) is 10.1. The highest BCUT2D eigenvalue weighted by Crippen LogP contribution is 2.32. The number of halogens is 4. The van der Waals surface area contributed by atoms with Gasteiger partial charge in [0, 0.05) is 47.5 Å². The number of rotatable bonds is 7. The number of nitrogens with zero attached hydrogens (tertiary/aromatic N) is 4. The molecule has 0 radical (unpaired) electrons. The molecule has 186 valence electrons. The zero-order valence-electron chi connectivity index (χ0n) is 19.0. The number of para-hydroxylation sites is 1. The molecule has 11 heteroatoms. The molecule has 3 aromatic heterocycles. The minimum Gasteiger partial charge on any atom is -0.454 e. The number of pyridine rings is 1. The monoisotopic (exact) mass is 506 g/mol. The van der Waals surface area contributed by atoms with E-state index in [9.17, 15) is 17.6 Å². The standard InChI is InChI=1S/C26H18F4N6O/c27-21-3-1-2-4-23(21)37-20-7-5-17(6-8-20)25-32-12-16(13-33-25)11-31-19-9-22(18-14-34-35-15-18)36-24(10-19)26(28,29)30/h1-10,12-15H,11H2,(H,31,36)(H,34,35). The highest BCUT2D eigenvalue weighted by molar-refractivity contribution is 5.63. The third-order valence-corrected chi connectivity index (χ3v) is 5.29. The topological polar surface area (TPSA) is 88.6 Å². The summed E-state index contributed by atoms with van der Waals surface area (Å²) in [7, 11) is 0. The fourth-order valence-corrected chi connectivity index (χ4v) is 3.44. The van der Waals surface area contributed by atoms with Gasteiger partial charge >= 0.3 is 6.18 Å². The molecule has 0 aliphatic rings. The maximum absolute atomic E-state index is 13.8. The van der Waals surface area contributed by atoms with Crippen LogP contribution in [0.5, 0.6) is 11.5 Å². The molecule has 0 amide bonds. The van der Waals surface area contributed by atoms with Gasteiger partial charge in [-0.1, -0.05) is 12.1 Å². The van der Waals surface area contributed by atoms with Crippen molar-refractivity contribution in [1.29, 1.82) is 0 Å². The number of anilines is 1. The first-order valence-corrected chi connectivity index (χ1v) is 11.0. The van der Waals surface area contributed by atoms with Crippen LogP contribution < -0.4 is 10.1 Å². The summed E-state index contributed by atoms with van der Waals surface area (Å²) in [6, 6.07) is 15.4. The molecule has 2 N–H and O–H groups in total. The van der Waals surface area contributed by atoms with Crippen molar-refractivity contribution in [2.75, 3.05) is 5.32 Å². The van der Waals surface area contributed by atoms with Crippen LogP contribution in [0.1, 0.15) is 11.3 Å². The van der Waals surface area contributed by atoms with E-state index in [1.165, 1.54) is 30.6 Å².